The van der Waals surface area contributed by atoms with E-state index in [1.54, 1.807) is 6.20 Å². The number of hydrogen-bond donors (Lipinski definition) is 1. The summed E-state index contributed by atoms with van der Waals surface area (Å²) in [6.45, 7) is 4.89. The SMILES string of the molecule is Cc1cccc(CN2Cc3ccnn3[C@H](CNS(C)(=O)=O)C2)c1. The van der Waals surface area contributed by atoms with E-state index in [1.807, 2.05) is 10.7 Å². The van der Waals surface area contributed by atoms with E-state index in [1.165, 1.54) is 17.4 Å². The first-order valence-electron chi connectivity index (χ1n) is 7.65. The van der Waals surface area contributed by atoms with Crippen LogP contribution >= 0.6 is 0 Å². The van der Waals surface area contributed by atoms with Crippen LogP contribution in [0, 0.1) is 6.92 Å². The molecule has 1 aliphatic rings. The van der Waals surface area contributed by atoms with Crippen molar-refractivity contribution in [2.45, 2.75) is 26.1 Å². The minimum atomic E-state index is -3.20. The van der Waals surface area contributed by atoms with Crippen LogP contribution < -0.4 is 4.72 Å². The molecule has 2 heterocycles. The van der Waals surface area contributed by atoms with E-state index in [4.69, 9.17) is 0 Å². The first-order valence-corrected chi connectivity index (χ1v) is 9.55. The van der Waals surface area contributed by atoms with Gasteiger partial charge in [0.1, 0.15) is 0 Å². The second-order valence-corrected chi connectivity index (χ2v) is 8.03. The van der Waals surface area contributed by atoms with Crippen LogP contribution in [-0.2, 0) is 23.1 Å². The second kappa shape index (κ2) is 6.43. The third-order valence-corrected chi connectivity index (χ3v) is 4.71. The van der Waals surface area contributed by atoms with Gasteiger partial charge in [-0.3, -0.25) is 9.58 Å². The minimum absolute atomic E-state index is 0.00767. The molecule has 1 aromatic heterocycles. The summed E-state index contributed by atoms with van der Waals surface area (Å²) in [6.07, 6.45) is 2.96. The van der Waals surface area contributed by atoms with E-state index in [0.29, 0.717) is 6.54 Å². The number of rotatable bonds is 5. The van der Waals surface area contributed by atoms with Crippen molar-refractivity contribution in [3.63, 3.8) is 0 Å². The lowest BCUT2D eigenvalue weighted by molar-refractivity contribution is 0.168. The topological polar surface area (TPSA) is 67.2 Å². The molecule has 0 bridgehead atoms. The molecule has 0 aliphatic carbocycles. The molecule has 2 aromatic rings. The fraction of sp³-hybridized carbons (Fsp3) is 0.438. The molecule has 0 saturated heterocycles. The van der Waals surface area contributed by atoms with Crippen LogP contribution in [0.1, 0.15) is 22.9 Å². The summed E-state index contributed by atoms with van der Waals surface area (Å²) in [5, 5.41) is 4.35. The molecule has 0 spiro atoms. The summed E-state index contributed by atoms with van der Waals surface area (Å²) in [6, 6.07) is 10.5. The highest BCUT2D eigenvalue weighted by molar-refractivity contribution is 7.88. The van der Waals surface area contributed by atoms with E-state index >= 15 is 0 Å². The number of nitrogens with zero attached hydrogens (tertiary/aromatic N) is 3. The van der Waals surface area contributed by atoms with Crippen LogP contribution in [0.2, 0.25) is 0 Å². The maximum Gasteiger partial charge on any atom is 0.208 e. The van der Waals surface area contributed by atoms with Crippen molar-refractivity contribution in [2.24, 2.45) is 0 Å². The zero-order valence-corrected chi connectivity index (χ0v) is 14.3. The molecular weight excluding hydrogens is 312 g/mol. The maximum absolute atomic E-state index is 11.4. The van der Waals surface area contributed by atoms with Gasteiger partial charge >= 0.3 is 0 Å². The molecule has 7 heteroatoms. The fourth-order valence-corrected chi connectivity index (χ4v) is 3.55. The molecule has 0 fully saturated rings. The smallest absolute Gasteiger partial charge is 0.208 e. The molecule has 6 nitrogen and oxygen atoms in total. The summed E-state index contributed by atoms with van der Waals surface area (Å²) < 4.78 is 27.3. The van der Waals surface area contributed by atoms with Gasteiger partial charge in [-0.25, -0.2) is 13.1 Å². The average Bonchev–Trinajstić information content (AvgIpc) is 2.92. The normalized spacial score (nSPS) is 18.8. The molecule has 1 aliphatic heterocycles. The van der Waals surface area contributed by atoms with Crippen LogP contribution in [0.15, 0.2) is 36.5 Å². The largest absolute Gasteiger partial charge is 0.291 e. The zero-order chi connectivity index (χ0) is 16.4. The van der Waals surface area contributed by atoms with Crippen LogP contribution in [0.5, 0.6) is 0 Å². The lowest BCUT2D eigenvalue weighted by Gasteiger charge is -2.34. The summed E-state index contributed by atoms with van der Waals surface area (Å²) in [5.41, 5.74) is 3.64. The molecule has 0 radical (unpaired) electrons. The average molecular weight is 334 g/mol. The summed E-state index contributed by atoms with van der Waals surface area (Å²) in [7, 11) is -3.20. The minimum Gasteiger partial charge on any atom is -0.291 e. The van der Waals surface area contributed by atoms with Crippen LogP contribution in [-0.4, -0.2) is 42.4 Å². The van der Waals surface area contributed by atoms with E-state index in [0.717, 1.165) is 25.3 Å². The van der Waals surface area contributed by atoms with Crippen molar-refractivity contribution in [3.8, 4) is 0 Å². The third kappa shape index (κ3) is 4.19. The number of sulfonamides is 1. The van der Waals surface area contributed by atoms with Gasteiger partial charge in [0.05, 0.1) is 18.0 Å². The maximum atomic E-state index is 11.4. The molecule has 3 rings (SSSR count). The Labute approximate surface area is 137 Å². The van der Waals surface area contributed by atoms with Gasteiger partial charge < -0.3 is 0 Å². The fourth-order valence-electron chi connectivity index (χ4n) is 3.05. The summed E-state index contributed by atoms with van der Waals surface area (Å²) in [5.74, 6) is 0. The highest BCUT2D eigenvalue weighted by atomic mass is 32.2. The molecule has 23 heavy (non-hydrogen) atoms. The Morgan fingerprint density at radius 3 is 2.91 bits per heavy atom. The first kappa shape index (κ1) is 16.2. The molecule has 0 saturated carbocycles. The van der Waals surface area contributed by atoms with E-state index in [9.17, 15) is 8.42 Å². The van der Waals surface area contributed by atoms with Crippen LogP contribution in [0.3, 0.4) is 0 Å². The van der Waals surface area contributed by atoms with Gasteiger partial charge in [-0.15, -0.1) is 0 Å². The first-order chi connectivity index (χ1) is 10.9. The standard InChI is InChI=1S/C16H22N4O2S/c1-13-4-3-5-14(8-13)10-19-11-15-6-7-17-20(15)16(12-19)9-18-23(2,21)22/h3-8,16,18H,9-12H2,1-2H3/t16-/m1/s1. The van der Waals surface area contributed by atoms with E-state index in [-0.39, 0.29) is 6.04 Å². The van der Waals surface area contributed by atoms with Crippen molar-refractivity contribution in [3.05, 3.63) is 53.3 Å². The summed E-state index contributed by atoms with van der Waals surface area (Å²) >= 11 is 0. The van der Waals surface area contributed by atoms with Gasteiger partial charge in [-0.1, -0.05) is 29.8 Å². The molecule has 1 aromatic carbocycles. The number of fused-ring (bicyclic) bond motifs is 1. The Hall–Kier alpha value is -1.70. The van der Waals surface area contributed by atoms with Crippen LogP contribution in [0.25, 0.3) is 0 Å². The Kier molecular flexibility index (Phi) is 4.52. The van der Waals surface area contributed by atoms with Gasteiger partial charge in [0.25, 0.3) is 0 Å². The number of hydrogen-bond acceptors (Lipinski definition) is 4. The Bertz CT molecular complexity index is 785. The number of nitrogens with one attached hydrogen (secondary N) is 1. The number of benzene rings is 1. The lowest BCUT2D eigenvalue weighted by Crippen LogP contribution is -2.42. The molecule has 124 valence electrons. The predicted molar refractivity (Wildman–Crippen MR) is 89.4 cm³/mol. The van der Waals surface area contributed by atoms with Crippen molar-refractivity contribution in [2.75, 3.05) is 19.3 Å². The highest BCUT2D eigenvalue weighted by Crippen LogP contribution is 2.22. The van der Waals surface area contributed by atoms with E-state index in [2.05, 4.69) is 45.9 Å². The molecule has 1 atom stereocenters. The molecular formula is C16H22N4O2S. The quantitative estimate of drug-likeness (QED) is 0.895. The van der Waals surface area contributed by atoms with Gasteiger partial charge in [0.15, 0.2) is 0 Å². The highest BCUT2D eigenvalue weighted by Gasteiger charge is 2.26. The van der Waals surface area contributed by atoms with Gasteiger partial charge in [0, 0.05) is 32.4 Å². The van der Waals surface area contributed by atoms with Crippen molar-refractivity contribution in [1.82, 2.24) is 19.4 Å². The number of aryl methyl sites for hydroxylation is 1. The van der Waals surface area contributed by atoms with Crippen molar-refractivity contribution in [1.29, 1.82) is 0 Å². The Morgan fingerprint density at radius 1 is 1.35 bits per heavy atom. The zero-order valence-electron chi connectivity index (χ0n) is 13.4. The summed E-state index contributed by atoms with van der Waals surface area (Å²) in [4.78, 5) is 2.33. The predicted octanol–water partition coefficient (Wildman–Crippen LogP) is 1.30. The Balaban J connectivity index is 1.74. The van der Waals surface area contributed by atoms with Crippen LogP contribution in [0.4, 0.5) is 0 Å². The van der Waals surface area contributed by atoms with Gasteiger partial charge in [-0.2, -0.15) is 5.10 Å². The molecule has 1 N–H and O–H groups in total. The second-order valence-electron chi connectivity index (χ2n) is 6.20. The molecule has 0 unspecified atom stereocenters. The van der Waals surface area contributed by atoms with Crippen molar-refractivity contribution >= 4 is 10.0 Å². The lowest BCUT2D eigenvalue weighted by atomic mass is 10.1. The number of aromatic nitrogens is 2. The monoisotopic (exact) mass is 334 g/mol. The van der Waals surface area contributed by atoms with E-state index < -0.39 is 10.0 Å². The van der Waals surface area contributed by atoms with Gasteiger partial charge in [0.2, 0.25) is 10.0 Å². The van der Waals surface area contributed by atoms with Gasteiger partial charge in [-0.05, 0) is 18.6 Å². The third-order valence-electron chi connectivity index (χ3n) is 4.02. The van der Waals surface area contributed by atoms with Crippen molar-refractivity contribution < 1.29 is 8.42 Å². The molecule has 0 amide bonds. The Morgan fingerprint density at radius 2 is 2.17 bits per heavy atom.